The Kier molecular flexibility index (Phi) is 4.62. The zero-order valence-corrected chi connectivity index (χ0v) is 17.1. The van der Waals surface area contributed by atoms with Gasteiger partial charge in [-0.3, -0.25) is 4.79 Å². The largest absolute Gasteiger partial charge is 0.485 e. The summed E-state index contributed by atoms with van der Waals surface area (Å²) >= 11 is 5.87. The van der Waals surface area contributed by atoms with Crippen molar-refractivity contribution in [1.82, 2.24) is 10.1 Å². The third kappa shape index (κ3) is 3.50. The van der Waals surface area contributed by atoms with Crippen molar-refractivity contribution in [1.29, 1.82) is 0 Å². The average molecular weight is 444 g/mol. The SMILES string of the molecule is NC(=O)C(Oc1ccc(F)cc1)C12CC(c3nc(COc4ccc(Cl)cc4)no3)(C1)C2. The molecule has 1 unspecified atom stereocenters. The number of hydrogen-bond donors (Lipinski definition) is 1. The van der Waals surface area contributed by atoms with Gasteiger partial charge < -0.3 is 19.7 Å². The number of halogens is 2. The smallest absolute Gasteiger partial charge is 0.259 e. The molecule has 3 aliphatic carbocycles. The minimum Gasteiger partial charge on any atom is -0.485 e. The molecule has 1 amide bonds. The molecule has 0 spiro atoms. The normalized spacial score (nSPS) is 24.6. The first kappa shape index (κ1) is 19.8. The standard InChI is InChI=1S/C22H19ClFN3O4/c23-13-1-5-15(6-2-13)29-9-17-26-20(31-27-17)22-10-21(11-22,12-22)18(19(25)28)30-16-7-3-14(24)4-8-16/h1-8,18H,9-12H2,(H2,25,28). The highest BCUT2D eigenvalue weighted by Gasteiger charge is 2.75. The van der Waals surface area contributed by atoms with Gasteiger partial charge in [0.05, 0.1) is 5.41 Å². The Morgan fingerprint density at radius 1 is 1.13 bits per heavy atom. The van der Waals surface area contributed by atoms with Gasteiger partial charge in [0.15, 0.2) is 12.7 Å². The lowest BCUT2D eigenvalue weighted by Crippen LogP contribution is -2.72. The highest BCUT2D eigenvalue weighted by atomic mass is 35.5. The van der Waals surface area contributed by atoms with Crippen LogP contribution in [-0.2, 0) is 16.8 Å². The van der Waals surface area contributed by atoms with Crippen LogP contribution in [0.5, 0.6) is 11.5 Å². The van der Waals surface area contributed by atoms with E-state index in [0.29, 0.717) is 47.5 Å². The van der Waals surface area contributed by atoms with E-state index in [1.807, 2.05) is 0 Å². The molecule has 6 rings (SSSR count). The molecular weight excluding hydrogens is 425 g/mol. The van der Waals surface area contributed by atoms with Crippen LogP contribution in [0.15, 0.2) is 53.1 Å². The number of carbonyl (C=O) groups is 1. The van der Waals surface area contributed by atoms with Crippen molar-refractivity contribution in [2.24, 2.45) is 11.1 Å². The van der Waals surface area contributed by atoms with Gasteiger partial charge >= 0.3 is 0 Å². The Morgan fingerprint density at radius 2 is 1.77 bits per heavy atom. The maximum Gasteiger partial charge on any atom is 0.259 e. The monoisotopic (exact) mass is 443 g/mol. The van der Waals surface area contributed by atoms with Crippen molar-refractivity contribution in [3.8, 4) is 11.5 Å². The van der Waals surface area contributed by atoms with E-state index >= 15 is 0 Å². The molecule has 3 aromatic rings. The summed E-state index contributed by atoms with van der Waals surface area (Å²) in [6.07, 6.45) is 1.19. The van der Waals surface area contributed by atoms with E-state index in [4.69, 9.17) is 31.3 Å². The molecule has 9 heteroatoms. The summed E-state index contributed by atoms with van der Waals surface area (Å²) in [5, 5.41) is 4.63. The van der Waals surface area contributed by atoms with E-state index in [1.54, 1.807) is 24.3 Å². The number of nitrogens with two attached hydrogens (primary N) is 1. The predicted molar refractivity (Wildman–Crippen MR) is 108 cm³/mol. The number of benzene rings is 2. The van der Waals surface area contributed by atoms with Crippen LogP contribution in [0.1, 0.15) is 31.0 Å². The lowest BCUT2D eigenvalue weighted by Gasteiger charge is -2.69. The van der Waals surface area contributed by atoms with Gasteiger partial charge in [-0.2, -0.15) is 4.98 Å². The molecule has 7 nitrogen and oxygen atoms in total. The molecule has 1 heterocycles. The number of hydrogen-bond acceptors (Lipinski definition) is 6. The number of amides is 1. The second-order valence-corrected chi connectivity index (χ2v) is 8.72. The maximum absolute atomic E-state index is 13.1. The highest BCUT2D eigenvalue weighted by molar-refractivity contribution is 6.30. The molecule has 3 saturated carbocycles. The molecule has 3 aliphatic rings. The average Bonchev–Trinajstić information content (AvgIpc) is 3.15. The molecular formula is C22H19ClFN3O4. The fourth-order valence-electron chi connectivity index (χ4n) is 4.71. The molecule has 3 fully saturated rings. The van der Waals surface area contributed by atoms with Crippen LogP contribution in [0.2, 0.25) is 5.02 Å². The molecule has 160 valence electrons. The molecule has 1 aromatic heterocycles. The fourth-order valence-corrected chi connectivity index (χ4v) is 4.84. The van der Waals surface area contributed by atoms with E-state index in [9.17, 15) is 9.18 Å². The van der Waals surface area contributed by atoms with Crippen molar-refractivity contribution in [3.05, 3.63) is 71.1 Å². The zero-order chi connectivity index (χ0) is 21.6. The topological polar surface area (TPSA) is 100 Å². The van der Waals surface area contributed by atoms with Crippen LogP contribution in [-0.4, -0.2) is 22.2 Å². The Hall–Kier alpha value is -3.13. The summed E-state index contributed by atoms with van der Waals surface area (Å²) in [5.41, 5.74) is 4.99. The summed E-state index contributed by atoms with van der Waals surface area (Å²) < 4.78 is 30.1. The predicted octanol–water partition coefficient (Wildman–Crippen LogP) is 3.80. The van der Waals surface area contributed by atoms with Crippen LogP contribution < -0.4 is 15.2 Å². The number of nitrogens with zero attached hydrogens (tertiary/aromatic N) is 2. The molecule has 2 bridgehead atoms. The minimum atomic E-state index is -0.796. The first-order valence-electron chi connectivity index (χ1n) is 9.81. The molecule has 0 radical (unpaired) electrons. The van der Waals surface area contributed by atoms with Crippen LogP contribution >= 0.6 is 11.6 Å². The first-order chi connectivity index (χ1) is 14.9. The van der Waals surface area contributed by atoms with Crippen molar-refractivity contribution in [2.45, 2.75) is 37.4 Å². The molecule has 0 saturated heterocycles. The van der Waals surface area contributed by atoms with E-state index < -0.39 is 12.0 Å². The van der Waals surface area contributed by atoms with E-state index in [0.717, 1.165) is 0 Å². The summed E-state index contributed by atoms with van der Waals surface area (Å²) in [6.45, 7) is 0.171. The molecule has 2 aromatic carbocycles. The van der Waals surface area contributed by atoms with E-state index in [2.05, 4.69) is 10.1 Å². The van der Waals surface area contributed by atoms with Crippen LogP contribution in [0, 0.1) is 11.2 Å². The van der Waals surface area contributed by atoms with E-state index in [1.165, 1.54) is 24.3 Å². The number of rotatable bonds is 8. The van der Waals surface area contributed by atoms with Crippen LogP contribution in [0.25, 0.3) is 0 Å². The van der Waals surface area contributed by atoms with Gasteiger partial charge in [-0.15, -0.1) is 0 Å². The highest BCUT2D eigenvalue weighted by Crippen LogP contribution is 2.75. The third-order valence-corrected chi connectivity index (χ3v) is 6.31. The minimum absolute atomic E-state index is 0.171. The quantitative estimate of drug-likeness (QED) is 0.568. The summed E-state index contributed by atoms with van der Waals surface area (Å²) in [7, 11) is 0. The van der Waals surface area contributed by atoms with Gasteiger partial charge in [0, 0.05) is 10.4 Å². The third-order valence-electron chi connectivity index (χ3n) is 6.06. The van der Waals surface area contributed by atoms with Crippen LogP contribution in [0.4, 0.5) is 4.39 Å². The van der Waals surface area contributed by atoms with Crippen LogP contribution in [0.3, 0.4) is 0 Å². The number of primary amides is 1. The maximum atomic E-state index is 13.1. The fraction of sp³-hybridized carbons (Fsp3) is 0.318. The Morgan fingerprint density at radius 3 is 2.42 bits per heavy atom. The van der Waals surface area contributed by atoms with Crippen molar-refractivity contribution < 1.29 is 23.2 Å². The van der Waals surface area contributed by atoms with Gasteiger partial charge in [-0.25, -0.2) is 4.39 Å². The molecule has 0 aliphatic heterocycles. The second kappa shape index (κ2) is 7.23. The Balaban J connectivity index is 1.22. The lowest BCUT2D eigenvalue weighted by molar-refractivity contribution is -0.208. The van der Waals surface area contributed by atoms with Crippen molar-refractivity contribution in [3.63, 3.8) is 0 Å². The Bertz CT molecular complexity index is 1100. The number of aromatic nitrogens is 2. The van der Waals surface area contributed by atoms with Gasteiger partial charge in [-0.1, -0.05) is 16.8 Å². The Labute approximate surface area is 182 Å². The van der Waals surface area contributed by atoms with Gasteiger partial charge in [-0.05, 0) is 67.8 Å². The van der Waals surface area contributed by atoms with Gasteiger partial charge in [0.1, 0.15) is 17.3 Å². The second-order valence-electron chi connectivity index (χ2n) is 8.29. The molecule has 1 atom stereocenters. The lowest BCUT2D eigenvalue weighted by atomic mass is 9.33. The number of carbonyl (C=O) groups excluding carboxylic acids is 1. The summed E-state index contributed by atoms with van der Waals surface area (Å²) in [6, 6.07) is 12.5. The summed E-state index contributed by atoms with van der Waals surface area (Å²) in [4.78, 5) is 16.5. The van der Waals surface area contributed by atoms with Crippen molar-refractivity contribution >= 4 is 17.5 Å². The van der Waals surface area contributed by atoms with Gasteiger partial charge in [0.2, 0.25) is 11.7 Å². The zero-order valence-electron chi connectivity index (χ0n) is 16.4. The van der Waals surface area contributed by atoms with E-state index in [-0.39, 0.29) is 23.3 Å². The number of ether oxygens (including phenoxy) is 2. The van der Waals surface area contributed by atoms with Crippen molar-refractivity contribution in [2.75, 3.05) is 0 Å². The summed E-state index contributed by atoms with van der Waals surface area (Å²) in [5.74, 6) is 1.12. The first-order valence-corrected chi connectivity index (χ1v) is 10.2. The van der Waals surface area contributed by atoms with Gasteiger partial charge in [0.25, 0.3) is 5.91 Å². The molecule has 2 N–H and O–H groups in total. The molecule has 31 heavy (non-hydrogen) atoms.